The van der Waals surface area contributed by atoms with Crippen LogP contribution in [-0.2, 0) is 9.59 Å². The summed E-state index contributed by atoms with van der Waals surface area (Å²) < 4.78 is 7.02. The number of nitrogens with zero attached hydrogens (tertiary/aromatic N) is 4. The molecule has 1 aromatic carbocycles. The second-order valence-corrected chi connectivity index (χ2v) is 7.63. The number of likely N-dealkylation sites (tertiary alicyclic amines) is 1. The summed E-state index contributed by atoms with van der Waals surface area (Å²) in [4.78, 5) is 40.2. The van der Waals surface area contributed by atoms with E-state index in [1.165, 1.54) is 10.7 Å². The fraction of sp³-hybridized carbons (Fsp3) is 0.429. The van der Waals surface area contributed by atoms with Gasteiger partial charge in [0.25, 0.3) is 5.91 Å². The summed E-state index contributed by atoms with van der Waals surface area (Å²) in [6.45, 7) is 0.212. The minimum Gasteiger partial charge on any atom is -0.476 e. The Morgan fingerprint density at radius 3 is 2.60 bits per heavy atom. The van der Waals surface area contributed by atoms with Crippen LogP contribution in [0.4, 0.5) is 0 Å². The van der Waals surface area contributed by atoms with Crippen molar-refractivity contribution in [2.75, 3.05) is 20.2 Å². The van der Waals surface area contributed by atoms with Crippen LogP contribution in [0.15, 0.2) is 36.4 Å². The molecule has 4 rings (SSSR count). The van der Waals surface area contributed by atoms with Gasteiger partial charge in [0.15, 0.2) is 12.3 Å². The average molecular weight is 412 g/mol. The lowest BCUT2D eigenvalue weighted by atomic mass is 10.2. The van der Waals surface area contributed by atoms with Gasteiger partial charge in [-0.3, -0.25) is 9.59 Å². The van der Waals surface area contributed by atoms with Gasteiger partial charge in [0.05, 0.1) is 5.69 Å². The van der Waals surface area contributed by atoms with Crippen molar-refractivity contribution in [3.63, 3.8) is 0 Å². The Balaban J connectivity index is 1.47. The van der Waals surface area contributed by atoms with Gasteiger partial charge in [0, 0.05) is 25.7 Å². The van der Waals surface area contributed by atoms with Gasteiger partial charge in [0.2, 0.25) is 11.8 Å². The van der Waals surface area contributed by atoms with Crippen LogP contribution >= 0.6 is 0 Å². The van der Waals surface area contributed by atoms with Crippen LogP contribution in [0.5, 0.6) is 5.88 Å². The third-order valence-corrected chi connectivity index (χ3v) is 5.54. The van der Waals surface area contributed by atoms with Crippen molar-refractivity contribution in [1.29, 1.82) is 0 Å². The summed E-state index contributed by atoms with van der Waals surface area (Å²) in [7, 11) is 1.79. The Bertz CT molecular complexity index is 954. The van der Waals surface area contributed by atoms with Gasteiger partial charge in [-0.25, -0.2) is 9.48 Å². The fourth-order valence-corrected chi connectivity index (χ4v) is 3.74. The zero-order valence-electron chi connectivity index (χ0n) is 16.7. The maximum atomic E-state index is 12.8. The van der Waals surface area contributed by atoms with Gasteiger partial charge in [-0.05, 0) is 37.8 Å². The first-order chi connectivity index (χ1) is 14.5. The largest absolute Gasteiger partial charge is 0.476 e. The third-order valence-electron chi connectivity index (χ3n) is 5.54. The molecule has 0 spiro atoms. The molecule has 1 saturated heterocycles. The molecule has 1 atom stereocenters. The molecule has 30 heavy (non-hydrogen) atoms. The number of hydrogen-bond acceptors (Lipinski definition) is 5. The summed E-state index contributed by atoms with van der Waals surface area (Å²) in [6.07, 6.45) is 3.45. The highest BCUT2D eigenvalue weighted by molar-refractivity contribution is 5.89. The average Bonchev–Trinajstić information content (AvgIpc) is 3.32. The van der Waals surface area contributed by atoms with Crippen LogP contribution < -0.4 is 4.74 Å². The topological polar surface area (TPSA) is 105 Å². The summed E-state index contributed by atoms with van der Waals surface area (Å²) in [6, 6.07) is 10.1. The second-order valence-electron chi connectivity index (χ2n) is 7.63. The molecule has 1 N–H and O–H groups in total. The number of aromatic nitrogens is 2. The molecule has 0 radical (unpaired) electrons. The van der Waals surface area contributed by atoms with Crippen LogP contribution in [0.2, 0.25) is 0 Å². The lowest BCUT2D eigenvalue weighted by Gasteiger charge is -2.28. The number of aromatic carboxylic acids is 1. The Morgan fingerprint density at radius 2 is 1.93 bits per heavy atom. The fourth-order valence-electron chi connectivity index (χ4n) is 3.74. The normalized spacial score (nSPS) is 18.3. The van der Waals surface area contributed by atoms with Crippen LogP contribution in [0.3, 0.4) is 0 Å². The van der Waals surface area contributed by atoms with Crippen LogP contribution in [-0.4, -0.2) is 74.8 Å². The number of carbonyl (C=O) groups excluding carboxylic acids is 2. The van der Waals surface area contributed by atoms with E-state index in [-0.39, 0.29) is 30.0 Å². The number of ether oxygens (including phenoxy) is 1. The number of carbonyl (C=O) groups is 3. The molecule has 0 bridgehead atoms. The highest BCUT2D eigenvalue weighted by atomic mass is 16.5. The molecule has 1 aromatic heterocycles. The number of para-hydroxylation sites is 1. The van der Waals surface area contributed by atoms with E-state index in [0.717, 1.165) is 19.3 Å². The maximum absolute atomic E-state index is 12.8. The van der Waals surface area contributed by atoms with Crippen molar-refractivity contribution in [3.8, 4) is 11.6 Å². The summed E-state index contributed by atoms with van der Waals surface area (Å²) in [5.41, 5.74) is 0.439. The van der Waals surface area contributed by atoms with E-state index in [4.69, 9.17) is 4.74 Å². The monoisotopic (exact) mass is 412 g/mol. The Labute approximate surface area is 173 Å². The molecule has 1 aliphatic heterocycles. The maximum Gasteiger partial charge on any atom is 0.356 e. The van der Waals surface area contributed by atoms with Gasteiger partial charge in [-0.1, -0.05) is 18.2 Å². The number of carboxylic acid groups (broad SMARTS) is 1. The number of hydrogen-bond donors (Lipinski definition) is 1. The van der Waals surface area contributed by atoms with E-state index in [0.29, 0.717) is 24.7 Å². The third kappa shape index (κ3) is 4.00. The molecular weight excluding hydrogens is 388 g/mol. The molecule has 1 aliphatic carbocycles. The Hall–Kier alpha value is -3.36. The van der Waals surface area contributed by atoms with Crippen LogP contribution in [0.1, 0.15) is 36.2 Å². The number of carboxylic acids is 1. The lowest BCUT2D eigenvalue weighted by Crippen LogP contribution is -2.48. The van der Waals surface area contributed by atoms with Gasteiger partial charge in [-0.2, -0.15) is 5.10 Å². The quantitative estimate of drug-likeness (QED) is 0.740. The van der Waals surface area contributed by atoms with Gasteiger partial charge in [-0.15, -0.1) is 0 Å². The first-order valence-electron chi connectivity index (χ1n) is 10.0. The van der Waals surface area contributed by atoms with Crippen molar-refractivity contribution in [2.45, 2.75) is 37.8 Å². The van der Waals surface area contributed by atoms with Gasteiger partial charge in [0.1, 0.15) is 6.04 Å². The van der Waals surface area contributed by atoms with Crippen molar-refractivity contribution in [2.24, 2.45) is 0 Å². The number of rotatable bonds is 7. The van der Waals surface area contributed by atoms with E-state index in [1.807, 2.05) is 6.07 Å². The molecule has 2 aromatic rings. The molecule has 2 aliphatic rings. The molecule has 9 nitrogen and oxygen atoms in total. The van der Waals surface area contributed by atoms with E-state index in [2.05, 4.69) is 5.10 Å². The minimum atomic E-state index is -1.19. The highest BCUT2D eigenvalue weighted by Crippen LogP contribution is 2.29. The lowest BCUT2D eigenvalue weighted by molar-refractivity contribution is -0.144. The first kappa shape index (κ1) is 19.9. The Morgan fingerprint density at radius 1 is 1.20 bits per heavy atom. The molecule has 2 amide bonds. The smallest absolute Gasteiger partial charge is 0.356 e. The summed E-state index contributed by atoms with van der Waals surface area (Å²) >= 11 is 0. The number of likely N-dealkylation sites (N-methyl/N-ethyl adjacent to an activating group) is 1. The predicted molar refractivity (Wildman–Crippen MR) is 107 cm³/mol. The Kier molecular flexibility index (Phi) is 5.43. The second kappa shape index (κ2) is 8.17. The van der Waals surface area contributed by atoms with Crippen molar-refractivity contribution in [1.82, 2.24) is 19.6 Å². The summed E-state index contributed by atoms with van der Waals surface area (Å²) in [5.74, 6) is -1.35. The minimum absolute atomic E-state index is 0.0224. The predicted octanol–water partition coefficient (Wildman–Crippen LogP) is 1.56. The molecule has 0 unspecified atom stereocenters. The molecule has 1 saturated carbocycles. The molecule has 9 heteroatoms. The van der Waals surface area contributed by atoms with E-state index in [1.54, 1.807) is 41.1 Å². The summed E-state index contributed by atoms with van der Waals surface area (Å²) in [5, 5.41) is 13.3. The van der Waals surface area contributed by atoms with Crippen LogP contribution in [0, 0.1) is 0 Å². The molecule has 158 valence electrons. The highest BCUT2D eigenvalue weighted by Gasteiger charge is 2.39. The van der Waals surface area contributed by atoms with Crippen LogP contribution in [0.25, 0.3) is 5.69 Å². The molecule has 2 heterocycles. The molecule has 2 fully saturated rings. The first-order valence-corrected chi connectivity index (χ1v) is 10.0. The van der Waals surface area contributed by atoms with E-state index in [9.17, 15) is 19.5 Å². The van der Waals surface area contributed by atoms with Crippen molar-refractivity contribution in [3.05, 3.63) is 42.1 Å². The number of benzene rings is 1. The van der Waals surface area contributed by atoms with Crippen molar-refractivity contribution < 1.29 is 24.2 Å². The van der Waals surface area contributed by atoms with Crippen molar-refractivity contribution >= 4 is 17.8 Å². The SMILES string of the molecule is CN(C(=O)[C@@H]1CCCN1C(=O)COc1cc(C(=O)O)nn1-c1ccccc1)C1CC1. The zero-order valence-corrected chi connectivity index (χ0v) is 16.7. The standard InChI is InChI=1S/C21H24N4O5/c1-23(14-9-10-14)20(27)17-8-5-11-24(17)18(26)13-30-19-12-16(21(28)29)22-25(19)15-6-3-2-4-7-15/h2-4,6-7,12,14,17H,5,8-11,13H2,1H3,(H,28,29)/t17-/m0/s1. The van der Waals surface area contributed by atoms with E-state index >= 15 is 0 Å². The van der Waals surface area contributed by atoms with Gasteiger partial charge < -0.3 is 19.6 Å². The number of amides is 2. The van der Waals surface area contributed by atoms with Gasteiger partial charge >= 0.3 is 5.97 Å². The zero-order chi connectivity index (χ0) is 21.3. The molecular formula is C21H24N4O5. The van der Waals surface area contributed by atoms with E-state index < -0.39 is 12.0 Å².